The van der Waals surface area contributed by atoms with Crippen LogP contribution in [0.5, 0.6) is 0 Å². The molecule has 0 radical (unpaired) electrons. The fraction of sp³-hybridized carbons (Fsp3) is 0.906. The van der Waals surface area contributed by atoms with Gasteiger partial charge in [-0.1, -0.05) is 48.5 Å². The molecule has 5 rings (SSSR count). The summed E-state index contributed by atoms with van der Waals surface area (Å²) < 4.78 is 6.18. The van der Waals surface area contributed by atoms with Crippen LogP contribution in [-0.4, -0.2) is 35.4 Å². The zero-order valence-corrected chi connectivity index (χ0v) is 24.5. The van der Waals surface area contributed by atoms with Crippen molar-refractivity contribution in [3.05, 3.63) is 0 Å². The molecular weight excluding hydrogens is 464 g/mol. The summed E-state index contributed by atoms with van der Waals surface area (Å²) in [7, 11) is 0. The van der Waals surface area contributed by atoms with Gasteiger partial charge >= 0.3 is 5.97 Å². The molecule has 5 aliphatic carbocycles. The van der Waals surface area contributed by atoms with Crippen LogP contribution in [0.2, 0.25) is 0 Å². The van der Waals surface area contributed by atoms with Gasteiger partial charge in [0.15, 0.2) is 0 Å². The maximum absolute atomic E-state index is 13.7. The van der Waals surface area contributed by atoms with Crippen molar-refractivity contribution in [3.8, 4) is 0 Å². The summed E-state index contributed by atoms with van der Waals surface area (Å²) >= 11 is 0. The third-order valence-corrected chi connectivity index (χ3v) is 13.8. The molecule has 0 aromatic heterocycles. The second kappa shape index (κ2) is 8.15. The lowest BCUT2D eigenvalue weighted by molar-refractivity contribution is -0.293. The fourth-order valence-electron chi connectivity index (χ4n) is 11.5. The molecule has 0 saturated heterocycles. The Balaban J connectivity index is 1.66. The van der Waals surface area contributed by atoms with Crippen molar-refractivity contribution in [3.63, 3.8) is 0 Å². The van der Waals surface area contributed by atoms with Crippen molar-refractivity contribution in [1.82, 2.24) is 0 Å². The van der Waals surface area contributed by atoms with Crippen LogP contribution < -0.4 is 0 Å². The number of ketones is 2. The van der Waals surface area contributed by atoms with Crippen LogP contribution in [0.25, 0.3) is 0 Å². The molecule has 0 spiro atoms. The molecule has 37 heavy (non-hydrogen) atoms. The Morgan fingerprint density at radius 1 is 0.865 bits per heavy atom. The quantitative estimate of drug-likeness (QED) is 0.353. The van der Waals surface area contributed by atoms with E-state index in [0.717, 1.165) is 44.9 Å². The van der Waals surface area contributed by atoms with Gasteiger partial charge in [-0.25, -0.2) is 0 Å². The van der Waals surface area contributed by atoms with E-state index in [1.165, 1.54) is 6.92 Å². The zero-order valence-electron chi connectivity index (χ0n) is 24.5. The molecule has 5 saturated carbocycles. The Labute approximate surface area is 223 Å². The van der Waals surface area contributed by atoms with E-state index in [9.17, 15) is 19.5 Å². The number of esters is 1. The number of hydrogen-bond acceptors (Lipinski definition) is 5. The summed E-state index contributed by atoms with van der Waals surface area (Å²) in [5.74, 6) is 0.169. The number of ether oxygens (including phenoxy) is 1. The Morgan fingerprint density at radius 2 is 1.51 bits per heavy atom. The zero-order chi connectivity index (χ0) is 27.4. The SMILES string of the molecule is CC(=O)O[C@H]1C[C@]2(CO)[C@H]3CC[C@@]4(C)[C@@H](C(=O)CC(=O)[C@@H]4C)[C@]3(C)CC[C@@]2(C)[C@@H]2CC(C)(C)CC[C@]12C. The van der Waals surface area contributed by atoms with Gasteiger partial charge in [0.2, 0.25) is 0 Å². The van der Waals surface area contributed by atoms with E-state index in [2.05, 4.69) is 41.5 Å². The van der Waals surface area contributed by atoms with E-state index in [0.29, 0.717) is 12.3 Å². The van der Waals surface area contributed by atoms with Crippen LogP contribution in [0.15, 0.2) is 0 Å². The number of hydrogen-bond donors (Lipinski definition) is 1. The van der Waals surface area contributed by atoms with Gasteiger partial charge in [0, 0.05) is 36.2 Å². The van der Waals surface area contributed by atoms with Gasteiger partial charge in [0.25, 0.3) is 0 Å². The molecular formula is C32H50O5. The topological polar surface area (TPSA) is 80.7 Å². The van der Waals surface area contributed by atoms with E-state index in [1.807, 2.05) is 6.92 Å². The second-order valence-electron chi connectivity index (χ2n) is 15.8. The van der Waals surface area contributed by atoms with Crippen LogP contribution in [-0.2, 0) is 19.1 Å². The first-order valence-corrected chi connectivity index (χ1v) is 14.8. The van der Waals surface area contributed by atoms with Crippen LogP contribution in [0.1, 0.15) is 113 Å². The number of aliphatic hydroxyl groups is 1. The summed E-state index contributed by atoms with van der Waals surface area (Å²) in [6.45, 7) is 17.6. The molecule has 0 amide bonds. The van der Waals surface area contributed by atoms with E-state index < -0.39 is 5.41 Å². The van der Waals surface area contributed by atoms with Crippen molar-refractivity contribution in [1.29, 1.82) is 0 Å². The predicted molar refractivity (Wildman–Crippen MR) is 142 cm³/mol. The summed E-state index contributed by atoms with van der Waals surface area (Å²) in [5.41, 5.74) is -1.06. The van der Waals surface area contributed by atoms with E-state index in [4.69, 9.17) is 4.74 Å². The van der Waals surface area contributed by atoms with Crippen molar-refractivity contribution in [2.45, 2.75) is 119 Å². The summed E-state index contributed by atoms with van der Waals surface area (Å²) in [4.78, 5) is 38.9. The normalized spacial score (nSPS) is 52.8. The third kappa shape index (κ3) is 3.40. The molecule has 10 atom stereocenters. The molecule has 0 aliphatic heterocycles. The summed E-state index contributed by atoms with van der Waals surface area (Å²) in [6.07, 6.45) is 7.35. The Hall–Kier alpha value is -1.23. The number of Topliss-reactive ketones (excluding diaryl/α,β-unsaturated/α-hetero) is 2. The monoisotopic (exact) mass is 514 g/mol. The molecule has 0 unspecified atom stereocenters. The fourth-order valence-corrected chi connectivity index (χ4v) is 11.5. The third-order valence-electron chi connectivity index (χ3n) is 13.8. The van der Waals surface area contributed by atoms with Crippen LogP contribution in [0, 0.1) is 56.2 Å². The molecule has 5 nitrogen and oxygen atoms in total. The van der Waals surface area contributed by atoms with E-state index in [1.54, 1.807) is 0 Å². The largest absolute Gasteiger partial charge is 0.462 e. The maximum Gasteiger partial charge on any atom is 0.302 e. The highest BCUT2D eigenvalue weighted by molar-refractivity contribution is 6.04. The highest BCUT2D eigenvalue weighted by atomic mass is 16.5. The van der Waals surface area contributed by atoms with Crippen LogP contribution in [0.3, 0.4) is 0 Å². The van der Waals surface area contributed by atoms with Crippen LogP contribution >= 0.6 is 0 Å². The van der Waals surface area contributed by atoms with E-state index >= 15 is 0 Å². The molecule has 5 fully saturated rings. The summed E-state index contributed by atoms with van der Waals surface area (Å²) in [6, 6.07) is 0. The standard InChI is InChI=1S/C32H50O5/c1-19-21(35)15-22(36)26-28(19,5)10-9-23-30(26,7)13-14-31(8)24-16-27(3,4)11-12-29(24,6)25(37-20(2)34)17-32(23,31)18-33/h19,23-26,33H,9-18H2,1-8H3/t19-,23-,24+,25-,26+,28+,29-,30+,31-,32-/m0/s1. The molecule has 5 heteroatoms. The molecule has 0 heterocycles. The van der Waals surface area contributed by atoms with Gasteiger partial charge in [-0.2, -0.15) is 0 Å². The number of carbonyl (C=O) groups excluding carboxylic acids is 3. The predicted octanol–water partition coefficient (Wildman–Crippen LogP) is 6.15. The first-order valence-electron chi connectivity index (χ1n) is 14.8. The molecule has 1 N–H and O–H groups in total. The molecule has 0 aromatic carbocycles. The molecule has 208 valence electrons. The minimum Gasteiger partial charge on any atom is -0.462 e. The smallest absolute Gasteiger partial charge is 0.302 e. The van der Waals surface area contributed by atoms with Gasteiger partial charge in [-0.3, -0.25) is 14.4 Å². The average molecular weight is 515 g/mol. The van der Waals surface area contributed by atoms with Crippen LogP contribution in [0.4, 0.5) is 0 Å². The van der Waals surface area contributed by atoms with Gasteiger partial charge in [-0.15, -0.1) is 0 Å². The van der Waals surface area contributed by atoms with E-state index in [-0.39, 0.29) is 81.5 Å². The Bertz CT molecular complexity index is 1020. The Morgan fingerprint density at radius 3 is 2.14 bits per heavy atom. The lowest BCUT2D eigenvalue weighted by atomic mass is 9.29. The summed E-state index contributed by atoms with van der Waals surface area (Å²) in [5, 5.41) is 11.5. The van der Waals surface area contributed by atoms with Crippen molar-refractivity contribution in [2.75, 3.05) is 6.61 Å². The highest BCUT2D eigenvalue weighted by Crippen LogP contribution is 2.78. The number of aliphatic hydroxyl groups excluding tert-OH is 1. The number of carbonyl (C=O) groups is 3. The average Bonchev–Trinajstić information content (AvgIpc) is 2.79. The van der Waals surface area contributed by atoms with Crippen molar-refractivity contribution < 1.29 is 24.2 Å². The van der Waals surface area contributed by atoms with Gasteiger partial charge in [-0.05, 0) is 84.9 Å². The minimum absolute atomic E-state index is 0.0537. The lowest BCUT2D eigenvalue weighted by Gasteiger charge is -2.75. The lowest BCUT2D eigenvalue weighted by Crippen LogP contribution is -2.73. The number of fused-ring (bicyclic) bond motifs is 7. The maximum atomic E-state index is 13.7. The van der Waals surface area contributed by atoms with Gasteiger partial charge in [0.05, 0.1) is 6.42 Å². The Kier molecular flexibility index (Phi) is 6.02. The first-order chi connectivity index (χ1) is 17.0. The number of rotatable bonds is 2. The molecule has 5 aliphatic rings. The van der Waals surface area contributed by atoms with Crippen molar-refractivity contribution >= 4 is 17.5 Å². The highest BCUT2D eigenvalue weighted by Gasteiger charge is 2.75. The van der Waals surface area contributed by atoms with Gasteiger partial charge in [0.1, 0.15) is 17.7 Å². The molecule has 0 aromatic rings. The molecule has 0 bridgehead atoms. The minimum atomic E-state index is -0.427. The second-order valence-corrected chi connectivity index (χ2v) is 15.8. The van der Waals surface area contributed by atoms with Crippen molar-refractivity contribution in [2.24, 2.45) is 56.2 Å². The first kappa shape index (κ1) is 27.3. The van der Waals surface area contributed by atoms with Gasteiger partial charge < -0.3 is 9.84 Å².